The van der Waals surface area contributed by atoms with Crippen molar-refractivity contribution in [3.05, 3.63) is 113 Å². The zero-order chi connectivity index (χ0) is 35.3. The molecule has 0 aliphatic rings. The van der Waals surface area contributed by atoms with Gasteiger partial charge in [-0.2, -0.15) is 0 Å². The molecule has 0 aliphatic carbocycles. The van der Waals surface area contributed by atoms with Crippen LogP contribution in [0.15, 0.2) is 79.8 Å². The molecule has 0 saturated carbocycles. The molecule has 6 aromatic carbocycles. The molecule has 48 heavy (non-hydrogen) atoms. The molecule has 0 amide bonds. The maximum atomic E-state index is 13.6. The summed E-state index contributed by atoms with van der Waals surface area (Å²) in [7, 11) is -0.208. The van der Waals surface area contributed by atoms with Crippen molar-refractivity contribution in [2.45, 2.75) is 13.8 Å². The highest BCUT2D eigenvalue weighted by atomic mass is 32.2. The summed E-state index contributed by atoms with van der Waals surface area (Å²) >= 11 is 0. The van der Waals surface area contributed by atoms with E-state index >= 15 is 0 Å². The lowest BCUT2D eigenvalue weighted by molar-refractivity contribution is 0.594. The predicted molar refractivity (Wildman–Crippen MR) is 194 cm³/mol. The van der Waals surface area contributed by atoms with Crippen LogP contribution in [0.3, 0.4) is 0 Å². The standard InChI is InChI=1S/C30H18N2O4.C2H7NO2S.CH4BNO2S/c1-13-11-19-21(29(35)17-9-5-3-7-15(17)27(19)33)25-23(13)31-26-22-20(12-14(2)24(26)32-25)28(34)16-8-4-6-10-18(16)30(22)36;1-3-6(2,4)5;1-6(4,5)3-2/h3-12,31-32H,1-2H3;3H,1-2H3;3H,1H3. The van der Waals surface area contributed by atoms with Gasteiger partial charge in [0.15, 0.2) is 31.7 Å². The van der Waals surface area contributed by atoms with Gasteiger partial charge in [0.05, 0.1) is 45.4 Å². The first-order valence-corrected chi connectivity index (χ1v) is 18.1. The molecule has 7 aromatic rings. The second kappa shape index (κ2) is 12.6. The first-order chi connectivity index (χ1) is 22.5. The summed E-state index contributed by atoms with van der Waals surface area (Å²) < 4.78 is 43.0. The molecule has 15 heteroatoms. The first kappa shape index (κ1) is 34.4. The summed E-state index contributed by atoms with van der Waals surface area (Å²) in [6.45, 7) is 3.70. The van der Waals surface area contributed by atoms with Crippen molar-refractivity contribution in [3.8, 4) is 0 Å². The van der Waals surface area contributed by atoms with Crippen LogP contribution in [-0.2, 0) is 20.0 Å². The van der Waals surface area contributed by atoms with Crippen molar-refractivity contribution in [1.82, 2.24) is 19.3 Å². The molecule has 0 saturated heterocycles. The Morgan fingerprint density at radius 2 is 0.833 bits per heavy atom. The van der Waals surface area contributed by atoms with E-state index in [9.17, 15) is 36.0 Å². The van der Waals surface area contributed by atoms with E-state index in [0.29, 0.717) is 65.2 Å². The Morgan fingerprint density at radius 3 is 1.10 bits per heavy atom. The fraction of sp³-hybridized carbons (Fsp3) is 0.152. The van der Waals surface area contributed by atoms with E-state index in [1.54, 1.807) is 65.3 Å². The Hall–Kier alpha value is -4.96. The lowest BCUT2D eigenvalue weighted by atomic mass is 9.97. The van der Waals surface area contributed by atoms with E-state index in [1.807, 2.05) is 13.8 Å². The van der Waals surface area contributed by atoms with Crippen molar-refractivity contribution in [2.24, 2.45) is 0 Å². The van der Waals surface area contributed by atoms with Crippen LogP contribution >= 0.6 is 0 Å². The smallest absolute Gasteiger partial charge is 0.208 e. The van der Waals surface area contributed by atoms with E-state index in [1.165, 1.54) is 7.05 Å². The third-order valence-electron chi connectivity index (χ3n) is 7.91. The molecule has 1 heterocycles. The van der Waals surface area contributed by atoms with E-state index in [2.05, 4.69) is 22.7 Å². The highest BCUT2D eigenvalue weighted by molar-refractivity contribution is 7.89. The third-order valence-corrected chi connectivity index (χ3v) is 9.08. The minimum absolute atomic E-state index is 0.196. The number of aryl methyl sites for hydroxylation is 2. The Balaban J connectivity index is 0.000000324. The van der Waals surface area contributed by atoms with Crippen LogP contribution in [0.4, 0.5) is 0 Å². The molecule has 0 bridgehead atoms. The molecule has 4 N–H and O–H groups in total. The highest BCUT2D eigenvalue weighted by Gasteiger charge is 2.19. The zero-order valence-electron chi connectivity index (χ0n) is 26.4. The summed E-state index contributed by atoms with van der Waals surface area (Å²) in [6, 6.07) is 17.1. The number of sulfonamides is 2. The lowest BCUT2D eigenvalue weighted by Crippen LogP contribution is -2.17. The molecule has 0 aliphatic heterocycles. The van der Waals surface area contributed by atoms with E-state index < -0.39 is 20.0 Å². The average molecular weight is 685 g/mol. The number of aromatic nitrogens is 2. The van der Waals surface area contributed by atoms with Gasteiger partial charge in [0, 0.05) is 32.3 Å². The van der Waals surface area contributed by atoms with Gasteiger partial charge >= 0.3 is 0 Å². The fourth-order valence-corrected chi connectivity index (χ4v) is 5.61. The van der Waals surface area contributed by atoms with Gasteiger partial charge in [-0.3, -0.25) is 23.8 Å². The van der Waals surface area contributed by atoms with Crippen LogP contribution in [-0.4, -0.2) is 54.3 Å². The minimum Gasteiger partial charge on any atom is -0.351 e. The molecule has 1 aromatic heterocycles. The Labute approximate surface area is 274 Å². The van der Waals surface area contributed by atoms with Crippen molar-refractivity contribution >= 4 is 93.2 Å². The van der Waals surface area contributed by atoms with Gasteiger partial charge in [0.1, 0.15) is 0 Å². The summed E-state index contributed by atoms with van der Waals surface area (Å²) in [5.41, 5.74) is 2.85. The Bertz CT molecular complexity index is 2730. The molecular weight excluding hydrogens is 655 g/mol. The molecule has 2 radical (unpaired) electrons. The number of hydrogen-bond acceptors (Lipinski definition) is 8. The molecule has 0 spiro atoms. The molecule has 12 nitrogen and oxygen atoms in total. The second-order valence-corrected chi connectivity index (χ2v) is 15.0. The molecule has 244 valence electrons. The number of H-pyrrole nitrogens is 2. The normalized spacial score (nSPS) is 11.9. The summed E-state index contributed by atoms with van der Waals surface area (Å²) in [5.74, 6) is 0. The number of aromatic amines is 2. The van der Waals surface area contributed by atoms with Gasteiger partial charge in [0.25, 0.3) is 0 Å². The Kier molecular flexibility index (Phi) is 9.01. The number of fused-ring (bicyclic) bond motifs is 8. The number of nitrogens with one attached hydrogen (secondary N) is 4. The topological polar surface area (TPSA) is 192 Å². The number of rotatable bonds is 2. The van der Waals surface area contributed by atoms with Crippen molar-refractivity contribution in [3.63, 3.8) is 0 Å². The average Bonchev–Trinajstić information content (AvgIpc) is 3.05. The maximum Gasteiger partial charge on any atom is 0.208 e. The van der Waals surface area contributed by atoms with E-state index in [4.69, 9.17) is 0 Å². The number of hydrogen-bond donors (Lipinski definition) is 4. The molecule has 0 fully saturated rings. The van der Waals surface area contributed by atoms with Crippen molar-refractivity contribution in [1.29, 1.82) is 0 Å². The zero-order valence-corrected chi connectivity index (χ0v) is 28.1. The monoisotopic (exact) mass is 684 g/mol. The van der Waals surface area contributed by atoms with Crippen LogP contribution in [0.2, 0.25) is 0 Å². The highest BCUT2D eigenvalue weighted by Crippen LogP contribution is 2.30. The lowest BCUT2D eigenvalue weighted by Gasteiger charge is -2.14. The van der Waals surface area contributed by atoms with E-state index in [0.717, 1.165) is 23.6 Å². The van der Waals surface area contributed by atoms with Gasteiger partial charge in [-0.25, -0.2) is 21.6 Å². The summed E-state index contributed by atoms with van der Waals surface area (Å²) in [4.78, 5) is 60.5. The summed E-state index contributed by atoms with van der Waals surface area (Å²) in [5, 5.41) is 2.84. The maximum absolute atomic E-state index is 13.6. The predicted octanol–water partition coefficient (Wildman–Crippen LogP) is 2.54. The van der Waals surface area contributed by atoms with Gasteiger partial charge in [-0.1, -0.05) is 48.5 Å². The molecule has 0 unspecified atom stereocenters. The van der Waals surface area contributed by atoms with Crippen LogP contribution < -0.4 is 31.1 Å². The minimum atomic E-state index is -3.13. The third kappa shape index (κ3) is 6.20. The number of benzene rings is 6. The SMILES string of the molecule is CNS(C)(=O)=O.Cc1cc2c(=O)c3ccccc3c(=O)c2c2[nH]c3c(C)cc4c(=O)c5ccccc5c(=O)c4c3[nH]c12.[B]NS(C)(=O)=O. The quantitative estimate of drug-likeness (QED) is 0.121. The van der Waals surface area contributed by atoms with Crippen molar-refractivity contribution < 1.29 is 16.8 Å². The van der Waals surface area contributed by atoms with Gasteiger partial charge in [-0.15, -0.1) is 0 Å². The van der Waals surface area contributed by atoms with Crippen LogP contribution in [0, 0.1) is 13.8 Å². The molecule has 0 atom stereocenters. The second-order valence-electron chi connectivity index (χ2n) is 11.3. The fourth-order valence-electron chi connectivity index (χ4n) is 5.61. The first-order valence-electron chi connectivity index (χ1n) is 14.3. The summed E-state index contributed by atoms with van der Waals surface area (Å²) in [6.07, 6.45) is 2.08. The van der Waals surface area contributed by atoms with E-state index in [-0.39, 0.29) is 21.7 Å². The molecular formula is C33H29BN4O8S2. The largest absolute Gasteiger partial charge is 0.351 e. The Morgan fingerprint density at radius 1 is 0.542 bits per heavy atom. The van der Waals surface area contributed by atoms with Gasteiger partial charge in [-0.05, 0) is 44.2 Å². The molecule has 7 rings (SSSR count). The van der Waals surface area contributed by atoms with Crippen molar-refractivity contribution in [2.75, 3.05) is 19.6 Å². The van der Waals surface area contributed by atoms with Gasteiger partial charge in [0.2, 0.25) is 18.0 Å². The van der Waals surface area contributed by atoms with Crippen LogP contribution in [0.1, 0.15) is 11.1 Å². The van der Waals surface area contributed by atoms with Crippen LogP contribution in [0.25, 0.3) is 65.2 Å². The van der Waals surface area contributed by atoms with Gasteiger partial charge < -0.3 is 9.97 Å². The van der Waals surface area contributed by atoms with Crippen LogP contribution in [0.5, 0.6) is 0 Å².